The Kier molecular flexibility index (Phi) is 5.20. The van der Waals surface area contributed by atoms with Crippen molar-refractivity contribution in [2.24, 2.45) is 5.92 Å². The Balaban J connectivity index is 1.67. The minimum atomic E-state index is -0.262. The van der Waals surface area contributed by atoms with Gasteiger partial charge < -0.3 is 18.9 Å². The maximum atomic E-state index is 12.9. The maximum Gasteiger partial charge on any atom is 0.200 e. The standard InChI is InChI=1S/C19H21FO4/c1-13-7-19(23-11-13)24-18-9-16(21-2)8-17(10-18)22-12-14-3-5-15(20)6-4-14/h3-6,8-10,13,19H,7,11-12H2,1-2H3/t13-,19?/m1/s1. The van der Waals surface area contributed by atoms with Gasteiger partial charge >= 0.3 is 0 Å². The van der Waals surface area contributed by atoms with Crippen LogP contribution in [0.15, 0.2) is 42.5 Å². The van der Waals surface area contributed by atoms with Gasteiger partial charge in [0.15, 0.2) is 6.29 Å². The quantitative estimate of drug-likeness (QED) is 0.795. The molecule has 1 fully saturated rings. The van der Waals surface area contributed by atoms with Crippen LogP contribution >= 0.6 is 0 Å². The van der Waals surface area contributed by atoms with Crippen molar-refractivity contribution in [2.45, 2.75) is 26.2 Å². The molecule has 1 aliphatic heterocycles. The summed E-state index contributed by atoms with van der Waals surface area (Å²) in [5.41, 5.74) is 0.884. The molecule has 0 aliphatic carbocycles. The molecular weight excluding hydrogens is 311 g/mol. The lowest BCUT2D eigenvalue weighted by Gasteiger charge is -2.15. The zero-order valence-electron chi connectivity index (χ0n) is 13.8. The van der Waals surface area contributed by atoms with Gasteiger partial charge in [0.2, 0.25) is 0 Å². The second-order valence-electron chi connectivity index (χ2n) is 5.98. The Morgan fingerprint density at radius 1 is 1.08 bits per heavy atom. The first-order chi connectivity index (χ1) is 11.6. The highest BCUT2D eigenvalue weighted by Crippen LogP contribution is 2.31. The average Bonchev–Trinajstić information content (AvgIpc) is 2.99. The highest BCUT2D eigenvalue weighted by Gasteiger charge is 2.23. The third kappa shape index (κ3) is 4.38. The summed E-state index contributed by atoms with van der Waals surface area (Å²) in [7, 11) is 1.59. The summed E-state index contributed by atoms with van der Waals surface area (Å²) in [4.78, 5) is 0. The summed E-state index contributed by atoms with van der Waals surface area (Å²) in [6.07, 6.45) is 0.625. The van der Waals surface area contributed by atoms with E-state index in [0.717, 1.165) is 12.0 Å². The summed E-state index contributed by atoms with van der Waals surface area (Å²) in [5.74, 6) is 2.14. The van der Waals surface area contributed by atoms with Crippen molar-refractivity contribution >= 4 is 0 Å². The second-order valence-corrected chi connectivity index (χ2v) is 5.98. The van der Waals surface area contributed by atoms with Gasteiger partial charge in [0.25, 0.3) is 0 Å². The summed E-state index contributed by atoms with van der Waals surface area (Å²) >= 11 is 0. The molecule has 2 aromatic carbocycles. The van der Waals surface area contributed by atoms with Crippen molar-refractivity contribution < 1.29 is 23.3 Å². The normalized spacial score (nSPS) is 20.0. The molecule has 0 spiro atoms. The van der Waals surface area contributed by atoms with Gasteiger partial charge in [-0.1, -0.05) is 19.1 Å². The van der Waals surface area contributed by atoms with E-state index in [-0.39, 0.29) is 12.1 Å². The molecule has 1 aliphatic rings. The lowest BCUT2D eigenvalue weighted by molar-refractivity contribution is -0.0395. The van der Waals surface area contributed by atoms with Crippen molar-refractivity contribution in [1.82, 2.24) is 0 Å². The van der Waals surface area contributed by atoms with Gasteiger partial charge in [0, 0.05) is 24.6 Å². The SMILES string of the molecule is COc1cc(OCc2ccc(F)cc2)cc(OC2C[C@@H](C)CO2)c1. The number of benzene rings is 2. The fraction of sp³-hybridized carbons (Fsp3) is 0.368. The highest BCUT2D eigenvalue weighted by molar-refractivity contribution is 5.42. The summed E-state index contributed by atoms with van der Waals surface area (Å²) < 4.78 is 35.5. The van der Waals surface area contributed by atoms with Crippen LogP contribution in [0.2, 0.25) is 0 Å². The van der Waals surface area contributed by atoms with Crippen molar-refractivity contribution in [2.75, 3.05) is 13.7 Å². The Hall–Kier alpha value is -2.27. The molecule has 24 heavy (non-hydrogen) atoms. The maximum absolute atomic E-state index is 12.9. The highest BCUT2D eigenvalue weighted by atomic mass is 19.1. The first kappa shape index (κ1) is 16.6. The molecule has 3 rings (SSSR count). The van der Waals surface area contributed by atoms with Crippen LogP contribution in [-0.2, 0) is 11.3 Å². The monoisotopic (exact) mass is 332 g/mol. The van der Waals surface area contributed by atoms with Crippen molar-refractivity contribution in [1.29, 1.82) is 0 Å². The van der Waals surface area contributed by atoms with Crippen LogP contribution in [0.5, 0.6) is 17.2 Å². The van der Waals surface area contributed by atoms with Crippen LogP contribution in [0.25, 0.3) is 0 Å². The smallest absolute Gasteiger partial charge is 0.200 e. The molecule has 1 unspecified atom stereocenters. The summed E-state index contributed by atoms with van der Waals surface area (Å²) in [6, 6.07) is 11.6. The van der Waals surface area contributed by atoms with Crippen molar-refractivity contribution in [3.05, 3.63) is 53.8 Å². The van der Waals surface area contributed by atoms with Crippen LogP contribution in [-0.4, -0.2) is 20.0 Å². The lowest BCUT2D eigenvalue weighted by Crippen LogP contribution is -2.14. The lowest BCUT2D eigenvalue weighted by atomic mass is 10.1. The molecule has 0 aromatic heterocycles. The number of halogens is 1. The summed E-state index contributed by atoms with van der Waals surface area (Å²) in [5, 5.41) is 0. The van der Waals surface area contributed by atoms with E-state index in [0.29, 0.717) is 36.4 Å². The predicted octanol–water partition coefficient (Wildman–Crippen LogP) is 4.17. The Labute approximate surface area is 141 Å². The number of rotatable bonds is 6. The molecule has 0 saturated carbocycles. The van der Waals surface area contributed by atoms with E-state index < -0.39 is 0 Å². The molecule has 0 bridgehead atoms. The molecule has 128 valence electrons. The average molecular weight is 332 g/mol. The topological polar surface area (TPSA) is 36.9 Å². The van der Waals surface area contributed by atoms with Gasteiger partial charge in [-0.15, -0.1) is 0 Å². The Morgan fingerprint density at radius 3 is 2.46 bits per heavy atom. The summed E-state index contributed by atoms with van der Waals surface area (Å²) in [6.45, 7) is 3.18. The van der Waals surface area contributed by atoms with Gasteiger partial charge in [-0.3, -0.25) is 0 Å². The third-order valence-electron chi connectivity index (χ3n) is 3.84. The van der Waals surface area contributed by atoms with E-state index >= 15 is 0 Å². The van der Waals surface area contributed by atoms with Crippen LogP contribution in [0.4, 0.5) is 4.39 Å². The molecule has 2 aromatic rings. The Bertz CT molecular complexity index is 672. The van der Waals surface area contributed by atoms with E-state index in [1.807, 2.05) is 0 Å². The van der Waals surface area contributed by atoms with Gasteiger partial charge in [-0.25, -0.2) is 4.39 Å². The number of ether oxygens (including phenoxy) is 4. The Morgan fingerprint density at radius 2 is 1.79 bits per heavy atom. The minimum Gasteiger partial charge on any atom is -0.496 e. The number of hydrogen-bond acceptors (Lipinski definition) is 4. The van der Waals surface area contributed by atoms with E-state index in [1.54, 1.807) is 37.4 Å². The minimum absolute atomic E-state index is 0.239. The van der Waals surface area contributed by atoms with E-state index in [1.165, 1.54) is 12.1 Å². The van der Waals surface area contributed by atoms with Crippen molar-refractivity contribution in [3.63, 3.8) is 0 Å². The zero-order chi connectivity index (χ0) is 16.9. The van der Waals surface area contributed by atoms with E-state index in [9.17, 15) is 4.39 Å². The molecule has 2 atom stereocenters. The molecule has 1 saturated heterocycles. The predicted molar refractivity (Wildman–Crippen MR) is 87.9 cm³/mol. The van der Waals surface area contributed by atoms with Gasteiger partial charge in [0.1, 0.15) is 29.7 Å². The molecule has 0 N–H and O–H groups in total. The number of hydrogen-bond donors (Lipinski definition) is 0. The van der Waals surface area contributed by atoms with Gasteiger partial charge in [0.05, 0.1) is 13.7 Å². The first-order valence-electron chi connectivity index (χ1n) is 7.97. The van der Waals surface area contributed by atoms with Gasteiger partial charge in [-0.05, 0) is 23.6 Å². The molecule has 4 nitrogen and oxygen atoms in total. The molecule has 0 radical (unpaired) electrons. The molecule has 5 heteroatoms. The van der Waals surface area contributed by atoms with Gasteiger partial charge in [-0.2, -0.15) is 0 Å². The van der Waals surface area contributed by atoms with E-state index in [2.05, 4.69) is 6.92 Å². The fourth-order valence-corrected chi connectivity index (χ4v) is 2.53. The largest absolute Gasteiger partial charge is 0.496 e. The third-order valence-corrected chi connectivity index (χ3v) is 3.84. The molecule has 0 amide bonds. The van der Waals surface area contributed by atoms with Crippen LogP contribution in [0, 0.1) is 11.7 Å². The fourth-order valence-electron chi connectivity index (χ4n) is 2.53. The number of methoxy groups -OCH3 is 1. The van der Waals surface area contributed by atoms with Crippen molar-refractivity contribution in [3.8, 4) is 17.2 Å². The zero-order valence-corrected chi connectivity index (χ0v) is 13.8. The van der Waals surface area contributed by atoms with E-state index in [4.69, 9.17) is 18.9 Å². The molecular formula is C19H21FO4. The van der Waals surface area contributed by atoms with Crippen LogP contribution in [0.3, 0.4) is 0 Å². The molecule has 1 heterocycles. The second kappa shape index (κ2) is 7.53. The van der Waals surface area contributed by atoms with Crippen LogP contribution < -0.4 is 14.2 Å². The van der Waals surface area contributed by atoms with Crippen LogP contribution in [0.1, 0.15) is 18.9 Å². The first-order valence-corrected chi connectivity index (χ1v) is 7.97.